The van der Waals surface area contributed by atoms with Gasteiger partial charge in [0.15, 0.2) is 0 Å². The minimum Gasteiger partial charge on any atom is -0.346 e. The first-order valence-electron chi connectivity index (χ1n) is 18.2. The molecule has 0 bridgehead atoms. The molecule has 1 unspecified atom stereocenters. The van der Waals surface area contributed by atoms with Gasteiger partial charge in [-0.15, -0.1) is 6.58 Å². The summed E-state index contributed by atoms with van der Waals surface area (Å²) in [7, 11) is -3.74. The monoisotopic (exact) mass is 728 g/mol. The van der Waals surface area contributed by atoms with E-state index in [4.69, 9.17) is 0 Å². The second kappa shape index (κ2) is 16.7. The summed E-state index contributed by atoms with van der Waals surface area (Å²) in [6.07, 6.45) is 7.40. The van der Waals surface area contributed by atoms with E-state index in [1.165, 1.54) is 15.3 Å². The molecule has 1 aromatic carbocycles. The van der Waals surface area contributed by atoms with Gasteiger partial charge in [-0.1, -0.05) is 84.6 Å². The van der Waals surface area contributed by atoms with Crippen LogP contribution in [0.25, 0.3) is 0 Å². The first-order valence-corrected chi connectivity index (χ1v) is 19.7. The van der Waals surface area contributed by atoms with Crippen LogP contribution in [-0.2, 0) is 35.7 Å². The molecule has 4 N–H and O–H groups in total. The maximum atomic E-state index is 14.5. The molecule has 4 rings (SSSR count). The number of urea groups is 1. The largest absolute Gasteiger partial charge is 0.346 e. The Balaban J connectivity index is 1.52. The van der Waals surface area contributed by atoms with Crippen molar-refractivity contribution >= 4 is 39.6 Å². The van der Waals surface area contributed by atoms with E-state index in [2.05, 4.69) is 27.8 Å². The van der Waals surface area contributed by atoms with Crippen molar-refractivity contribution in [1.82, 2.24) is 30.5 Å². The molecule has 1 saturated carbocycles. The van der Waals surface area contributed by atoms with E-state index in [9.17, 15) is 32.4 Å². The highest BCUT2D eigenvalue weighted by Gasteiger charge is 2.47. The average molecular weight is 729 g/mol. The van der Waals surface area contributed by atoms with Gasteiger partial charge in [0.05, 0.1) is 10.9 Å². The van der Waals surface area contributed by atoms with Crippen LogP contribution in [0.3, 0.4) is 0 Å². The molecular weight excluding hydrogens is 673 g/mol. The molecule has 13 nitrogen and oxygen atoms in total. The van der Waals surface area contributed by atoms with Gasteiger partial charge in [0.25, 0.3) is 5.91 Å². The van der Waals surface area contributed by atoms with Crippen molar-refractivity contribution in [3.63, 3.8) is 0 Å². The fourth-order valence-corrected chi connectivity index (χ4v) is 9.07. The number of fused-ring (bicyclic) bond motifs is 1. The quantitative estimate of drug-likeness (QED) is 0.168. The third-order valence-corrected chi connectivity index (χ3v) is 12.5. The minimum absolute atomic E-state index is 0.0431. The summed E-state index contributed by atoms with van der Waals surface area (Å²) >= 11 is 0. The summed E-state index contributed by atoms with van der Waals surface area (Å²) in [5, 5.41) is 11.2. The lowest BCUT2D eigenvalue weighted by molar-refractivity contribution is -0.144. The number of likely N-dealkylation sites (tertiary alicyclic amines) is 1. The van der Waals surface area contributed by atoms with Gasteiger partial charge in [-0.25, -0.2) is 13.2 Å². The van der Waals surface area contributed by atoms with Gasteiger partial charge in [0.1, 0.15) is 12.1 Å². The van der Waals surface area contributed by atoms with Crippen molar-refractivity contribution in [3.8, 4) is 0 Å². The maximum Gasteiger partial charge on any atom is 0.315 e. The summed E-state index contributed by atoms with van der Waals surface area (Å²) in [6, 6.07) is 2.82. The molecule has 0 spiro atoms. The molecule has 1 aliphatic carbocycles. The number of carbonyl (C=O) groups is 5. The predicted molar refractivity (Wildman–Crippen MR) is 194 cm³/mol. The second-order valence-corrected chi connectivity index (χ2v) is 17.4. The highest BCUT2D eigenvalue weighted by molar-refractivity contribution is 7.89. The zero-order chi connectivity index (χ0) is 37.6. The van der Waals surface area contributed by atoms with Crippen LogP contribution in [0.15, 0.2) is 41.8 Å². The molecule has 3 aliphatic rings. The van der Waals surface area contributed by atoms with Crippen molar-refractivity contribution in [2.24, 2.45) is 10.8 Å². The molecule has 0 radical (unpaired) electrons. The molecule has 14 heteroatoms. The molecule has 2 heterocycles. The third kappa shape index (κ3) is 9.37. The molecule has 5 amide bonds. The number of ketones is 1. The van der Waals surface area contributed by atoms with Crippen molar-refractivity contribution in [1.29, 1.82) is 0 Å². The standard InChI is InChI=1S/C37H56N6O7S/c1-7-15-26(30(44)33(46)38-21-8-2)39-32(45)27-17-14-22-43(27)34(47)31(37(6)19-12-9-13-20-37)41-35(48)40-29(36(3,4)5)24-42-23-25-16-10-11-18-28(25)51(42,49)50/h8,10-11,16,18,26-27,29,31H,2,7,9,12-15,17,19-24H2,1,3-6H3,(H,38,46)(H,39,45)(H2,40,41,48)/t26?,27-,29+,31+/m0/s1. The second-order valence-electron chi connectivity index (χ2n) is 15.5. The van der Waals surface area contributed by atoms with Gasteiger partial charge in [-0.3, -0.25) is 19.2 Å². The van der Waals surface area contributed by atoms with Gasteiger partial charge >= 0.3 is 6.03 Å². The van der Waals surface area contributed by atoms with Crippen LogP contribution >= 0.6 is 0 Å². The molecular formula is C37H56N6O7S. The topological polar surface area (TPSA) is 174 Å². The lowest BCUT2D eigenvalue weighted by Gasteiger charge is -2.43. The zero-order valence-electron chi connectivity index (χ0n) is 30.8. The predicted octanol–water partition coefficient (Wildman–Crippen LogP) is 3.39. The fourth-order valence-electron chi connectivity index (χ4n) is 7.42. The van der Waals surface area contributed by atoms with Crippen LogP contribution in [0.1, 0.15) is 98.0 Å². The van der Waals surface area contributed by atoms with Gasteiger partial charge < -0.3 is 26.2 Å². The Bertz CT molecular complexity index is 1580. The molecule has 1 saturated heterocycles. The van der Waals surface area contributed by atoms with E-state index < -0.39 is 68.6 Å². The van der Waals surface area contributed by atoms with Crippen LogP contribution in [0.5, 0.6) is 0 Å². The molecule has 2 fully saturated rings. The molecule has 4 atom stereocenters. The average Bonchev–Trinajstić information content (AvgIpc) is 3.67. The first-order chi connectivity index (χ1) is 24.0. The Morgan fingerprint density at radius 2 is 1.71 bits per heavy atom. The smallest absolute Gasteiger partial charge is 0.315 e. The zero-order valence-corrected chi connectivity index (χ0v) is 31.6. The molecule has 0 aromatic heterocycles. The highest BCUT2D eigenvalue weighted by Crippen LogP contribution is 2.40. The van der Waals surface area contributed by atoms with Crippen molar-refractivity contribution in [2.75, 3.05) is 19.6 Å². The van der Waals surface area contributed by atoms with Crippen LogP contribution in [0.4, 0.5) is 4.79 Å². The fraction of sp³-hybridized carbons (Fsp3) is 0.649. The number of rotatable bonds is 14. The Morgan fingerprint density at radius 3 is 2.33 bits per heavy atom. The summed E-state index contributed by atoms with van der Waals surface area (Å²) in [5.41, 5.74) is -0.420. The normalized spacial score (nSPS) is 21.4. The highest BCUT2D eigenvalue weighted by atomic mass is 32.2. The Hall–Kier alpha value is -3.78. The third-order valence-electron chi connectivity index (χ3n) is 10.6. The summed E-state index contributed by atoms with van der Waals surface area (Å²) in [5.74, 6) is -2.46. The van der Waals surface area contributed by atoms with Crippen molar-refractivity contribution in [3.05, 3.63) is 42.5 Å². The Morgan fingerprint density at radius 1 is 1.02 bits per heavy atom. The van der Waals surface area contributed by atoms with Crippen LogP contribution in [-0.4, -0.2) is 91.0 Å². The Labute approximate surface area is 302 Å². The van der Waals surface area contributed by atoms with Gasteiger partial charge in [-0.05, 0) is 54.6 Å². The van der Waals surface area contributed by atoms with E-state index in [1.54, 1.807) is 24.3 Å². The van der Waals surface area contributed by atoms with Gasteiger partial charge in [0.2, 0.25) is 27.6 Å². The van der Waals surface area contributed by atoms with Gasteiger partial charge in [-0.2, -0.15) is 4.31 Å². The number of benzene rings is 1. The summed E-state index contributed by atoms with van der Waals surface area (Å²) < 4.78 is 28.1. The van der Waals surface area contributed by atoms with E-state index in [0.29, 0.717) is 44.2 Å². The van der Waals surface area contributed by atoms with Crippen molar-refractivity contribution < 1.29 is 32.4 Å². The number of nitrogens with zero attached hydrogens (tertiary/aromatic N) is 2. The number of hydrogen-bond acceptors (Lipinski definition) is 7. The maximum absolute atomic E-state index is 14.5. The number of nitrogens with one attached hydrogen (secondary N) is 4. The van der Waals surface area contributed by atoms with Crippen molar-refractivity contribution in [2.45, 2.75) is 128 Å². The summed E-state index contributed by atoms with van der Waals surface area (Å²) in [6.45, 7) is 13.8. The summed E-state index contributed by atoms with van der Waals surface area (Å²) in [4.78, 5) is 69.2. The molecule has 1 aromatic rings. The number of amides is 5. The lowest BCUT2D eigenvalue weighted by atomic mass is 9.70. The van der Waals surface area contributed by atoms with Crippen LogP contribution in [0.2, 0.25) is 0 Å². The van der Waals surface area contributed by atoms with E-state index in [-0.39, 0.29) is 36.9 Å². The number of sulfonamides is 1. The molecule has 51 heavy (non-hydrogen) atoms. The van der Waals surface area contributed by atoms with Gasteiger partial charge in [0, 0.05) is 32.2 Å². The molecule has 282 valence electrons. The van der Waals surface area contributed by atoms with Crippen LogP contribution < -0.4 is 21.3 Å². The van der Waals surface area contributed by atoms with E-state index in [1.807, 2.05) is 34.6 Å². The van der Waals surface area contributed by atoms with E-state index in [0.717, 1.165) is 19.3 Å². The molecule has 2 aliphatic heterocycles. The SMILES string of the molecule is C=CCNC(=O)C(=O)C(CCC)NC(=O)[C@@H]1CCCN1C(=O)[C@@H](NC(=O)N[C@H](CN1Cc2ccccc2S1(=O)=O)C(C)(C)C)C1(C)CCCCC1. The minimum atomic E-state index is -3.74. The first kappa shape index (κ1) is 40.0. The van der Waals surface area contributed by atoms with E-state index >= 15 is 0 Å². The number of Topliss-reactive ketones (excluding diaryl/α,β-unsaturated/α-hetero) is 1. The number of carbonyl (C=O) groups excluding carboxylic acids is 5. The number of hydrogen-bond donors (Lipinski definition) is 4. The van der Waals surface area contributed by atoms with Crippen LogP contribution in [0, 0.1) is 10.8 Å². The lowest BCUT2D eigenvalue weighted by Crippen LogP contribution is -2.63. The Kier molecular flexibility index (Phi) is 13.1.